The summed E-state index contributed by atoms with van der Waals surface area (Å²) in [6, 6.07) is 9.47. The van der Waals surface area contributed by atoms with Crippen molar-refractivity contribution in [1.82, 2.24) is 5.32 Å². The Kier molecular flexibility index (Phi) is 3.44. The van der Waals surface area contributed by atoms with Gasteiger partial charge in [0.1, 0.15) is 0 Å². The number of hydrogen-bond donors (Lipinski definition) is 1. The summed E-state index contributed by atoms with van der Waals surface area (Å²) in [5, 5.41) is 14.5. The Morgan fingerprint density at radius 3 is 2.63 bits per heavy atom. The molecule has 94 valence electrons. The number of nitro benzene ring substituents is 1. The standard InChI is InChI=1S/C14H10N2O3/c1-2-9-15-14(17)12-7-3-6-11-10(12)5-4-8-13(11)16(18)19/h1,3-8H,9H2,(H,15,17). The molecule has 2 rings (SSSR count). The summed E-state index contributed by atoms with van der Waals surface area (Å²) in [5.41, 5.74) is 0.348. The lowest BCUT2D eigenvalue weighted by molar-refractivity contribution is -0.383. The molecule has 0 aliphatic carbocycles. The van der Waals surface area contributed by atoms with Crippen molar-refractivity contribution in [3.05, 3.63) is 52.1 Å². The third-order valence-electron chi connectivity index (χ3n) is 2.69. The third-order valence-corrected chi connectivity index (χ3v) is 2.69. The van der Waals surface area contributed by atoms with E-state index in [1.165, 1.54) is 6.07 Å². The van der Waals surface area contributed by atoms with Crippen molar-refractivity contribution in [2.45, 2.75) is 0 Å². The van der Waals surface area contributed by atoms with Gasteiger partial charge in [0.15, 0.2) is 0 Å². The van der Waals surface area contributed by atoms with Crippen LogP contribution in [0.25, 0.3) is 10.8 Å². The second-order valence-corrected chi connectivity index (χ2v) is 3.82. The molecule has 0 unspecified atom stereocenters. The SMILES string of the molecule is C#CCNC(=O)c1cccc2c([N+](=O)[O-])cccc12. The van der Waals surface area contributed by atoms with E-state index >= 15 is 0 Å². The van der Waals surface area contributed by atoms with Crippen LogP contribution < -0.4 is 5.32 Å². The van der Waals surface area contributed by atoms with Crippen molar-refractivity contribution in [3.8, 4) is 12.3 Å². The Hall–Kier alpha value is -2.87. The van der Waals surface area contributed by atoms with Gasteiger partial charge in [0.2, 0.25) is 0 Å². The molecule has 0 atom stereocenters. The van der Waals surface area contributed by atoms with Gasteiger partial charge in [0.25, 0.3) is 11.6 Å². The molecule has 0 fully saturated rings. The number of hydrogen-bond acceptors (Lipinski definition) is 3. The highest BCUT2D eigenvalue weighted by molar-refractivity contribution is 6.09. The van der Waals surface area contributed by atoms with Gasteiger partial charge in [0, 0.05) is 17.0 Å². The summed E-state index contributed by atoms with van der Waals surface area (Å²) >= 11 is 0. The van der Waals surface area contributed by atoms with Gasteiger partial charge in [-0.3, -0.25) is 14.9 Å². The normalized spacial score (nSPS) is 9.84. The lowest BCUT2D eigenvalue weighted by atomic mass is 10.0. The van der Waals surface area contributed by atoms with Gasteiger partial charge in [-0.05, 0) is 12.1 Å². The van der Waals surface area contributed by atoms with Crippen molar-refractivity contribution in [2.24, 2.45) is 0 Å². The van der Waals surface area contributed by atoms with Crippen LogP contribution in [-0.2, 0) is 0 Å². The molecular weight excluding hydrogens is 244 g/mol. The lowest BCUT2D eigenvalue weighted by Gasteiger charge is -2.06. The van der Waals surface area contributed by atoms with Gasteiger partial charge in [-0.1, -0.05) is 24.1 Å². The predicted octanol–water partition coefficient (Wildman–Crippen LogP) is 2.11. The van der Waals surface area contributed by atoms with E-state index in [1.807, 2.05) is 0 Å². The number of rotatable bonds is 3. The zero-order valence-corrected chi connectivity index (χ0v) is 9.92. The first kappa shape index (κ1) is 12.6. The highest BCUT2D eigenvalue weighted by Crippen LogP contribution is 2.27. The number of terminal acetylenes is 1. The van der Waals surface area contributed by atoms with E-state index in [1.54, 1.807) is 30.3 Å². The molecule has 19 heavy (non-hydrogen) atoms. The molecule has 2 aromatic carbocycles. The molecule has 0 spiro atoms. The molecule has 0 saturated heterocycles. The van der Waals surface area contributed by atoms with Crippen LogP contribution in [0.1, 0.15) is 10.4 Å². The first-order chi connectivity index (χ1) is 9.15. The number of carbonyl (C=O) groups excluding carboxylic acids is 1. The van der Waals surface area contributed by atoms with Crippen molar-refractivity contribution >= 4 is 22.4 Å². The fraction of sp³-hybridized carbons (Fsp3) is 0.0714. The summed E-state index contributed by atoms with van der Waals surface area (Å²) in [6.07, 6.45) is 5.08. The first-order valence-electron chi connectivity index (χ1n) is 5.53. The minimum Gasteiger partial charge on any atom is -0.341 e. The lowest BCUT2D eigenvalue weighted by Crippen LogP contribution is -2.23. The van der Waals surface area contributed by atoms with Gasteiger partial charge in [-0.25, -0.2) is 0 Å². The van der Waals surface area contributed by atoms with E-state index in [4.69, 9.17) is 6.42 Å². The molecule has 1 N–H and O–H groups in total. The maximum Gasteiger partial charge on any atom is 0.277 e. The Morgan fingerprint density at radius 2 is 1.95 bits per heavy atom. The molecule has 0 aliphatic heterocycles. The number of benzene rings is 2. The van der Waals surface area contributed by atoms with E-state index in [0.29, 0.717) is 16.3 Å². The van der Waals surface area contributed by atoms with Crippen LogP contribution in [0.3, 0.4) is 0 Å². The highest BCUT2D eigenvalue weighted by Gasteiger charge is 2.15. The van der Waals surface area contributed by atoms with E-state index in [9.17, 15) is 14.9 Å². The molecule has 0 radical (unpaired) electrons. The number of amides is 1. The molecule has 0 aromatic heterocycles. The van der Waals surface area contributed by atoms with E-state index in [2.05, 4.69) is 11.2 Å². The van der Waals surface area contributed by atoms with Crippen LogP contribution in [0.4, 0.5) is 5.69 Å². The molecule has 1 amide bonds. The molecule has 2 aromatic rings. The van der Waals surface area contributed by atoms with Crippen molar-refractivity contribution in [2.75, 3.05) is 6.54 Å². The van der Waals surface area contributed by atoms with Gasteiger partial charge in [-0.15, -0.1) is 6.42 Å². The Bertz CT molecular complexity index is 701. The Labute approximate surface area is 109 Å². The van der Waals surface area contributed by atoms with Crippen molar-refractivity contribution in [3.63, 3.8) is 0 Å². The van der Waals surface area contributed by atoms with Gasteiger partial charge in [0.05, 0.1) is 16.9 Å². The van der Waals surface area contributed by atoms with Crippen LogP contribution in [0.5, 0.6) is 0 Å². The number of fused-ring (bicyclic) bond motifs is 1. The fourth-order valence-corrected chi connectivity index (χ4v) is 1.88. The zero-order chi connectivity index (χ0) is 13.8. The van der Waals surface area contributed by atoms with E-state index in [-0.39, 0.29) is 18.1 Å². The molecule has 0 saturated carbocycles. The largest absolute Gasteiger partial charge is 0.341 e. The van der Waals surface area contributed by atoms with Crippen LogP contribution in [0.2, 0.25) is 0 Å². The minimum absolute atomic E-state index is 0.0240. The Balaban J connectivity index is 2.59. The monoisotopic (exact) mass is 254 g/mol. The zero-order valence-electron chi connectivity index (χ0n) is 9.92. The number of non-ortho nitro benzene ring substituents is 1. The molecule has 0 aliphatic rings. The van der Waals surface area contributed by atoms with Crippen LogP contribution in [0.15, 0.2) is 36.4 Å². The average Bonchev–Trinajstić information content (AvgIpc) is 2.43. The highest BCUT2D eigenvalue weighted by atomic mass is 16.6. The van der Waals surface area contributed by atoms with E-state index < -0.39 is 4.92 Å². The first-order valence-corrected chi connectivity index (χ1v) is 5.53. The van der Waals surface area contributed by atoms with Crippen LogP contribution >= 0.6 is 0 Å². The van der Waals surface area contributed by atoms with Crippen molar-refractivity contribution < 1.29 is 9.72 Å². The van der Waals surface area contributed by atoms with Crippen molar-refractivity contribution in [1.29, 1.82) is 0 Å². The second-order valence-electron chi connectivity index (χ2n) is 3.82. The summed E-state index contributed by atoms with van der Waals surface area (Å²) in [5.74, 6) is 1.96. The second kappa shape index (κ2) is 5.19. The summed E-state index contributed by atoms with van der Waals surface area (Å²) < 4.78 is 0. The van der Waals surface area contributed by atoms with Crippen LogP contribution in [-0.4, -0.2) is 17.4 Å². The van der Waals surface area contributed by atoms with E-state index in [0.717, 1.165) is 0 Å². The molecular formula is C14H10N2O3. The third kappa shape index (κ3) is 2.38. The number of nitrogens with one attached hydrogen (secondary N) is 1. The maximum atomic E-state index is 11.9. The summed E-state index contributed by atoms with van der Waals surface area (Å²) in [4.78, 5) is 22.4. The molecule has 0 bridgehead atoms. The Morgan fingerprint density at radius 1 is 1.26 bits per heavy atom. The van der Waals surface area contributed by atoms with Gasteiger partial charge in [-0.2, -0.15) is 0 Å². The molecule has 5 nitrogen and oxygen atoms in total. The minimum atomic E-state index is -0.467. The molecule has 0 heterocycles. The smallest absolute Gasteiger partial charge is 0.277 e. The van der Waals surface area contributed by atoms with Gasteiger partial charge < -0.3 is 5.32 Å². The average molecular weight is 254 g/mol. The number of nitro groups is 1. The summed E-state index contributed by atoms with van der Waals surface area (Å²) in [7, 11) is 0. The number of carbonyl (C=O) groups is 1. The fourth-order valence-electron chi connectivity index (χ4n) is 1.88. The topological polar surface area (TPSA) is 72.2 Å². The molecule has 5 heteroatoms. The number of nitrogens with zero attached hydrogens (tertiary/aromatic N) is 1. The van der Waals surface area contributed by atoms with Crippen LogP contribution in [0, 0.1) is 22.5 Å². The van der Waals surface area contributed by atoms with Gasteiger partial charge >= 0.3 is 0 Å². The maximum absolute atomic E-state index is 11.9. The summed E-state index contributed by atoms with van der Waals surface area (Å²) in [6.45, 7) is 0.115. The quantitative estimate of drug-likeness (QED) is 0.518. The predicted molar refractivity (Wildman–Crippen MR) is 71.8 cm³/mol.